The van der Waals surface area contributed by atoms with Crippen LogP contribution in [0.5, 0.6) is 0 Å². The Labute approximate surface area is 172 Å². The third kappa shape index (κ3) is 2.84. The number of nitrogens with zero attached hydrogens (tertiary/aromatic N) is 1. The van der Waals surface area contributed by atoms with Crippen LogP contribution in [0.4, 0.5) is 17.6 Å². The predicted molar refractivity (Wildman–Crippen MR) is 109 cm³/mol. The smallest absolute Gasteiger partial charge is 0.355 e. The summed E-state index contributed by atoms with van der Waals surface area (Å²) in [6.07, 6.45) is -3.79. The van der Waals surface area contributed by atoms with Gasteiger partial charge in [0.1, 0.15) is 11.5 Å². The summed E-state index contributed by atoms with van der Waals surface area (Å²) in [6, 6.07) is 10.4. The monoisotopic (exact) mass is 426 g/mol. The van der Waals surface area contributed by atoms with Crippen molar-refractivity contribution in [3.8, 4) is 11.3 Å². The molecule has 31 heavy (non-hydrogen) atoms. The van der Waals surface area contributed by atoms with Gasteiger partial charge in [-0.25, -0.2) is 9.37 Å². The number of amides is 1. The molecule has 0 unspecified atom stereocenters. The number of para-hydroxylation sites is 1. The fourth-order valence-electron chi connectivity index (χ4n) is 3.93. The number of H-pyrrole nitrogens is 2. The molecule has 3 N–H and O–H groups in total. The van der Waals surface area contributed by atoms with Crippen molar-refractivity contribution in [3.63, 3.8) is 0 Å². The molecule has 0 bridgehead atoms. The molecule has 1 amide bonds. The number of aromatic amines is 2. The number of hydrogen-bond acceptors (Lipinski definition) is 2. The second-order valence-electron chi connectivity index (χ2n) is 7.07. The first-order valence-corrected chi connectivity index (χ1v) is 9.30. The molecular weight excluding hydrogens is 412 g/mol. The number of carbonyl (C=O) groups excluding carboxylic acids is 1. The van der Waals surface area contributed by atoms with Crippen molar-refractivity contribution in [2.45, 2.75) is 6.18 Å². The minimum atomic E-state index is -4.64. The van der Waals surface area contributed by atoms with E-state index in [2.05, 4.69) is 20.3 Å². The number of halogens is 4. The Morgan fingerprint density at radius 1 is 1.03 bits per heavy atom. The van der Waals surface area contributed by atoms with Crippen molar-refractivity contribution in [3.05, 3.63) is 65.6 Å². The zero-order chi connectivity index (χ0) is 21.9. The SMILES string of the molecule is CNC(=O)c1cccc2c1[nH]c1c(C(F)(F)F)c[nH]c3nc(-c4ccc(F)cc4)c2c31. The number of pyridine rings is 2. The van der Waals surface area contributed by atoms with E-state index in [-0.39, 0.29) is 27.6 Å². The first-order chi connectivity index (χ1) is 14.8. The lowest BCUT2D eigenvalue weighted by molar-refractivity contribution is -0.136. The largest absolute Gasteiger partial charge is 0.419 e. The summed E-state index contributed by atoms with van der Waals surface area (Å²) in [7, 11) is 1.45. The third-order valence-corrected chi connectivity index (χ3v) is 5.30. The minimum absolute atomic E-state index is 0.180. The summed E-state index contributed by atoms with van der Waals surface area (Å²) in [5.74, 6) is -0.882. The molecular formula is C22H14F4N4O. The van der Waals surface area contributed by atoms with Gasteiger partial charge in [0, 0.05) is 29.6 Å². The van der Waals surface area contributed by atoms with Gasteiger partial charge in [0.15, 0.2) is 0 Å². The predicted octanol–water partition coefficient (Wildman–Crippen LogP) is 5.38. The number of nitrogens with one attached hydrogen (secondary N) is 3. The lowest BCUT2D eigenvalue weighted by Crippen LogP contribution is -2.18. The van der Waals surface area contributed by atoms with E-state index in [1.807, 2.05) is 0 Å². The van der Waals surface area contributed by atoms with Crippen LogP contribution in [0.3, 0.4) is 0 Å². The average molecular weight is 426 g/mol. The van der Waals surface area contributed by atoms with Crippen LogP contribution in [-0.4, -0.2) is 27.9 Å². The molecule has 0 saturated heterocycles. The molecule has 5 rings (SSSR count). The fraction of sp³-hybridized carbons (Fsp3) is 0.0909. The maximum atomic E-state index is 13.8. The highest BCUT2D eigenvalue weighted by atomic mass is 19.4. The molecule has 2 aromatic carbocycles. The van der Waals surface area contributed by atoms with Crippen molar-refractivity contribution >= 4 is 38.7 Å². The molecule has 5 aromatic rings. The van der Waals surface area contributed by atoms with Crippen LogP contribution >= 0.6 is 0 Å². The van der Waals surface area contributed by atoms with Crippen LogP contribution in [0.25, 0.3) is 44.1 Å². The van der Waals surface area contributed by atoms with E-state index in [1.165, 1.54) is 37.4 Å². The first-order valence-electron chi connectivity index (χ1n) is 9.30. The molecule has 0 saturated carbocycles. The second kappa shape index (κ2) is 6.56. The molecule has 0 fully saturated rings. The summed E-state index contributed by atoms with van der Waals surface area (Å²) in [5, 5.41) is 3.74. The summed E-state index contributed by atoms with van der Waals surface area (Å²) in [6.45, 7) is 0. The summed E-state index contributed by atoms with van der Waals surface area (Å²) in [4.78, 5) is 22.4. The Morgan fingerprint density at radius 2 is 1.77 bits per heavy atom. The number of benzene rings is 2. The van der Waals surface area contributed by atoms with E-state index in [0.717, 1.165) is 6.20 Å². The van der Waals surface area contributed by atoms with E-state index < -0.39 is 23.5 Å². The van der Waals surface area contributed by atoms with Gasteiger partial charge >= 0.3 is 6.18 Å². The number of alkyl halides is 3. The number of aromatic nitrogens is 3. The van der Waals surface area contributed by atoms with Gasteiger partial charge < -0.3 is 15.3 Å². The number of hydrogen-bond donors (Lipinski definition) is 3. The molecule has 156 valence electrons. The molecule has 0 aliphatic heterocycles. The highest BCUT2D eigenvalue weighted by molar-refractivity contribution is 6.25. The molecule has 3 aromatic heterocycles. The average Bonchev–Trinajstić information content (AvgIpc) is 3.14. The minimum Gasteiger partial charge on any atom is -0.355 e. The quantitative estimate of drug-likeness (QED) is 0.262. The highest BCUT2D eigenvalue weighted by Gasteiger charge is 2.35. The maximum Gasteiger partial charge on any atom is 0.419 e. The zero-order valence-electron chi connectivity index (χ0n) is 16.0. The molecule has 0 spiro atoms. The zero-order valence-corrected chi connectivity index (χ0v) is 16.0. The Balaban J connectivity index is 2.02. The molecule has 0 aliphatic carbocycles. The van der Waals surface area contributed by atoms with Crippen molar-refractivity contribution in [1.82, 2.24) is 20.3 Å². The lowest BCUT2D eigenvalue weighted by Gasteiger charge is -2.14. The van der Waals surface area contributed by atoms with Gasteiger partial charge in [0.25, 0.3) is 5.91 Å². The maximum absolute atomic E-state index is 13.8. The summed E-state index contributed by atoms with van der Waals surface area (Å²) < 4.78 is 54.8. The molecule has 3 heterocycles. The van der Waals surface area contributed by atoms with Crippen molar-refractivity contribution in [2.24, 2.45) is 0 Å². The summed E-state index contributed by atoms with van der Waals surface area (Å²) >= 11 is 0. The van der Waals surface area contributed by atoms with Gasteiger partial charge in [0.2, 0.25) is 0 Å². The standard InChI is InChI=1S/C22H14F4N4O/c1-27-21(31)13-4-2-3-12-15-16-19(29-18(12)13)14(22(24,25)26)9-28-20(16)30-17(15)10-5-7-11(23)8-6-10/h2-9,29H,1H3,(H,27,31)(H,28,30). The molecule has 0 atom stereocenters. The Morgan fingerprint density at radius 3 is 2.45 bits per heavy atom. The van der Waals surface area contributed by atoms with Gasteiger partial charge in [0.05, 0.1) is 33.2 Å². The van der Waals surface area contributed by atoms with Crippen LogP contribution in [0.1, 0.15) is 15.9 Å². The van der Waals surface area contributed by atoms with E-state index >= 15 is 0 Å². The summed E-state index contributed by atoms with van der Waals surface area (Å²) in [5.41, 5.74) is 0.551. The lowest BCUT2D eigenvalue weighted by atomic mass is 9.99. The van der Waals surface area contributed by atoms with Gasteiger partial charge in [-0.05, 0) is 30.3 Å². The van der Waals surface area contributed by atoms with Crippen LogP contribution < -0.4 is 5.32 Å². The third-order valence-electron chi connectivity index (χ3n) is 5.30. The van der Waals surface area contributed by atoms with Crippen molar-refractivity contribution in [1.29, 1.82) is 0 Å². The van der Waals surface area contributed by atoms with Gasteiger partial charge in [-0.1, -0.05) is 12.1 Å². The fourth-order valence-corrected chi connectivity index (χ4v) is 3.93. The Hall–Kier alpha value is -3.88. The molecule has 0 aliphatic rings. The highest BCUT2D eigenvalue weighted by Crippen LogP contribution is 2.43. The van der Waals surface area contributed by atoms with Gasteiger partial charge in [-0.3, -0.25) is 4.79 Å². The van der Waals surface area contributed by atoms with Crippen molar-refractivity contribution < 1.29 is 22.4 Å². The van der Waals surface area contributed by atoms with Crippen LogP contribution in [0.2, 0.25) is 0 Å². The van der Waals surface area contributed by atoms with E-state index in [1.54, 1.807) is 12.1 Å². The van der Waals surface area contributed by atoms with Gasteiger partial charge in [-0.15, -0.1) is 0 Å². The van der Waals surface area contributed by atoms with Crippen LogP contribution in [-0.2, 0) is 6.18 Å². The first kappa shape index (κ1) is 19.1. The molecule has 0 radical (unpaired) electrons. The number of rotatable bonds is 2. The Bertz CT molecular complexity index is 1480. The molecule has 9 heteroatoms. The van der Waals surface area contributed by atoms with E-state index in [0.29, 0.717) is 22.0 Å². The Kier molecular flexibility index (Phi) is 4.04. The van der Waals surface area contributed by atoms with Gasteiger partial charge in [-0.2, -0.15) is 13.2 Å². The second-order valence-corrected chi connectivity index (χ2v) is 7.07. The van der Waals surface area contributed by atoms with Crippen LogP contribution in [0.15, 0.2) is 48.7 Å². The number of carbonyl (C=O) groups is 1. The topological polar surface area (TPSA) is 73.6 Å². The van der Waals surface area contributed by atoms with E-state index in [9.17, 15) is 22.4 Å². The van der Waals surface area contributed by atoms with Crippen molar-refractivity contribution in [2.75, 3.05) is 7.05 Å². The molecule has 5 nitrogen and oxygen atoms in total. The van der Waals surface area contributed by atoms with Crippen LogP contribution in [0, 0.1) is 5.82 Å². The van der Waals surface area contributed by atoms with E-state index in [4.69, 9.17) is 0 Å². The normalized spacial score (nSPS) is 12.2. The number of fused-ring (bicyclic) bond motifs is 2.